The molecule has 2 atom stereocenters. The first-order chi connectivity index (χ1) is 11.7. The van der Waals surface area contributed by atoms with Gasteiger partial charge in [-0.1, -0.05) is 0 Å². The number of imide groups is 1. The lowest BCUT2D eigenvalue weighted by atomic mass is 10.1. The molecule has 10 nitrogen and oxygen atoms in total. The summed E-state index contributed by atoms with van der Waals surface area (Å²) >= 11 is 0. The van der Waals surface area contributed by atoms with Crippen LogP contribution in [0.3, 0.4) is 0 Å². The van der Waals surface area contributed by atoms with Crippen molar-refractivity contribution in [2.75, 3.05) is 38.5 Å². The smallest absolute Gasteiger partial charge is 0.322 e. The van der Waals surface area contributed by atoms with Gasteiger partial charge in [0, 0.05) is 32.8 Å². The van der Waals surface area contributed by atoms with E-state index in [1.54, 1.807) is 4.90 Å². The molecule has 0 bridgehead atoms. The number of nitrogens with one attached hydrogen (secondary N) is 2. The van der Waals surface area contributed by atoms with Crippen LogP contribution in [0.2, 0.25) is 0 Å². The fourth-order valence-electron chi connectivity index (χ4n) is 3.30. The Morgan fingerprint density at radius 3 is 2.48 bits per heavy atom. The second-order valence-electron chi connectivity index (χ2n) is 6.72. The number of amides is 4. The van der Waals surface area contributed by atoms with Crippen LogP contribution in [0.4, 0.5) is 4.79 Å². The number of hydrogen-bond acceptors (Lipinski definition) is 6. The van der Waals surface area contributed by atoms with Crippen LogP contribution in [0.1, 0.15) is 19.8 Å². The van der Waals surface area contributed by atoms with Gasteiger partial charge in [-0.05, 0) is 19.8 Å². The predicted molar refractivity (Wildman–Crippen MR) is 86.0 cm³/mol. The normalized spacial score (nSPS) is 31.1. The molecule has 3 rings (SSSR count). The summed E-state index contributed by atoms with van der Waals surface area (Å²) < 4.78 is 31.8. The van der Waals surface area contributed by atoms with Crippen molar-refractivity contribution in [1.82, 2.24) is 19.8 Å². The summed E-state index contributed by atoms with van der Waals surface area (Å²) in [4.78, 5) is 37.0. The Morgan fingerprint density at radius 2 is 1.96 bits per heavy atom. The van der Waals surface area contributed by atoms with Gasteiger partial charge in [0.15, 0.2) is 0 Å². The monoisotopic (exact) mass is 374 g/mol. The zero-order valence-electron chi connectivity index (χ0n) is 14.0. The second-order valence-corrected chi connectivity index (χ2v) is 8.69. The molecule has 25 heavy (non-hydrogen) atoms. The molecule has 11 heteroatoms. The molecule has 2 unspecified atom stereocenters. The highest BCUT2D eigenvalue weighted by Crippen LogP contribution is 2.19. The van der Waals surface area contributed by atoms with E-state index in [4.69, 9.17) is 4.74 Å². The van der Waals surface area contributed by atoms with Crippen molar-refractivity contribution < 1.29 is 27.5 Å². The van der Waals surface area contributed by atoms with E-state index < -0.39 is 39.4 Å². The van der Waals surface area contributed by atoms with E-state index in [0.29, 0.717) is 13.0 Å². The lowest BCUT2D eigenvalue weighted by molar-refractivity contribution is -0.142. The fraction of sp³-hybridized carbons (Fsp3) is 0.786. The van der Waals surface area contributed by atoms with Gasteiger partial charge >= 0.3 is 6.03 Å². The lowest BCUT2D eigenvalue weighted by Crippen LogP contribution is -2.57. The molecule has 0 aromatic carbocycles. The van der Waals surface area contributed by atoms with E-state index in [1.807, 2.05) is 5.32 Å². The van der Waals surface area contributed by atoms with Gasteiger partial charge in [0.1, 0.15) is 11.6 Å². The lowest BCUT2D eigenvalue weighted by Gasteiger charge is -2.36. The molecule has 2 N–H and O–H groups in total. The first-order valence-corrected chi connectivity index (χ1v) is 9.84. The Kier molecular flexibility index (Phi) is 4.73. The van der Waals surface area contributed by atoms with Gasteiger partial charge in [-0.2, -0.15) is 4.31 Å². The van der Waals surface area contributed by atoms with Crippen LogP contribution in [0.25, 0.3) is 0 Å². The maximum absolute atomic E-state index is 12.6. The summed E-state index contributed by atoms with van der Waals surface area (Å²) in [6.07, 6.45) is 1.14. The van der Waals surface area contributed by atoms with Crippen molar-refractivity contribution in [1.29, 1.82) is 0 Å². The molecule has 0 spiro atoms. The summed E-state index contributed by atoms with van der Waals surface area (Å²) in [6, 6.07) is -0.699. The van der Waals surface area contributed by atoms with E-state index in [-0.39, 0.29) is 32.1 Å². The number of carbonyl (C=O) groups excluding carboxylic acids is 3. The van der Waals surface area contributed by atoms with E-state index in [9.17, 15) is 22.8 Å². The topological polar surface area (TPSA) is 125 Å². The first-order valence-electron chi connectivity index (χ1n) is 8.23. The Morgan fingerprint density at radius 1 is 1.28 bits per heavy atom. The van der Waals surface area contributed by atoms with Gasteiger partial charge < -0.3 is 15.0 Å². The van der Waals surface area contributed by atoms with Crippen LogP contribution in [0.15, 0.2) is 0 Å². The first kappa shape index (κ1) is 18.1. The van der Waals surface area contributed by atoms with Crippen LogP contribution in [0, 0.1) is 0 Å². The van der Waals surface area contributed by atoms with Crippen molar-refractivity contribution in [3.63, 3.8) is 0 Å². The highest BCUT2D eigenvalue weighted by molar-refractivity contribution is 7.89. The molecule has 140 valence electrons. The Balaban J connectivity index is 1.59. The van der Waals surface area contributed by atoms with Crippen LogP contribution < -0.4 is 10.6 Å². The Hall–Kier alpha value is -1.72. The molecule has 3 aliphatic heterocycles. The molecule has 3 heterocycles. The molecule has 4 amide bonds. The van der Waals surface area contributed by atoms with E-state index in [2.05, 4.69) is 5.32 Å². The minimum absolute atomic E-state index is 0.0936. The third kappa shape index (κ3) is 3.62. The van der Waals surface area contributed by atoms with Crippen LogP contribution in [-0.4, -0.2) is 85.7 Å². The number of urea groups is 1. The largest absolute Gasteiger partial charge is 0.368 e. The number of rotatable bonds is 4. The molecule has 3 saturated heterocycles. The van der Waals surface area contributed by atoms with Gasteiger partial charge in [-0.15, -0.1) is 0 Å². The number of piperazine rings is 1. The molecule has 0 aromatic rings. The summed E-state index contributed by atoms with van der Waals surface area (Å²) in [5, 5.41) is 4.40. The summed E-state index contributed by atoms with van der Waals surface area (Å²) in [6.45, 7) is 2.85. The molecular formula is C14H22N4O6S. The maximum Gasteiger partial charge on any atom is 0.322 e. The SMILES string of the molecule is CC1(CS(=O)(=O)N2CCN(C(=O)C3CCCO3)CC2)NC(=O)NC1=O. The molecule has 0 aromatic heterocycles. The van der Waals surface area contributed by atoms with Crippen molar-refractivity contribution >= 4 is 27.9 Å². The number of ether oxygens (including phenoxy) is 1. The zero-order chi connectivity index (χ0) is 18.2. The molecule has 3 aliphatic rings. The van der Waals surface area contributed by atoms with Crippen LogP contribution >= 0.6 is 0 Å². The van der Waals surface area contributed by atoms with Crippen molar-refractivity contribution in [2.24, 2.45) is 0 Å². The van der Waals surface area contributed by atoms with Crippen molar-refractivity contribution in [3.8, 4) is 0 Å². The predicted octanol–water partition coefficient (Wildman–Crippen LogP) is -1.76. The summed E-state index contributed by atoms with van der Waals surface area (Å²) in [5.41, 5.74) is -1.49. The second kappa shape index (κ2) is 6.54. The van der Waals surface area contributed by atoms with E-state index >= 15 is 0 Å². The highest BCUT2D eigenvalue weighted by atomic mass is 32.2. The highest BCUT2D eigenvalue weighted by Gasteiger charge is 2.47. The number of carbonyl (C=O) groups is 3. The Labute approximate surface area is 145 Å². The summed E-state index contributed by atoms with van der Waals surface area (Å²) in [7, 11) is -3.76. The van der Waals surface area contributed by atoms with E-state index in [0.717, 1.165) is 6.42 Å². The standard InChI is InChI=1S/C14H22N4O6S/c1-14(12(20)15-13(21)16-14)9-25(22,23)18-6-4-17(5-7-18)11(19)10-3-2-8-24-10/h10H,2-9H2,1H3,(H2,15,16,20,21). The van der Waals surface area contributed by atoms with Gasteiger partial charge in [0.25, 0.3) is 11.8 Å². The molecular weight excluding hydrogens is 352 g/mol. The number of sulfonamides is 1. The minimum Gasteiger partial charge on any atom is -0.368 e. The van der Waals surface area contributed by atoms with Gasteiger partial charge in [-0.25, -0.2) is 13.2 Å². The van der Waals surface area contributed by atoms with Crippen molar-refractivity contribution in [2.45, 2.75) is 31.4 Å². The third-order valence-electron chi connectivity index (χ3n) is 4.74. The van der Waals surface area contributed by atoms with Gasteiger partial charge in [0.2, 0.25) is 10.0 Å². The fourth-order valence-corrected chi connectivity index (χ4v) is 5.14. The third-order valence-corrected chi connectivity index (χ3v) is 6.83. The van der Waals surface area contributed by atoms with Gasteiger partial charge in [0.05, 0.1) is 5.75 Å². The molecule has 0 aliphatic carbocycles. The quantitative estimate of drug-likeness (QED) is 0.562. The maximum atomic E-state index is 12.6. The minimum atomic E-state index is -3.76. The molecule has 3 fully saturated rings. The van der Waals surface area contributed by atoms with E-state index in [1.165, 1.54) is 11.2 Å². The summed E-state index contributed by atoms with van der Waals surface area (Å²) in [5.74, 6) is -1.27. The Bertz CT molecular complexity index is 681. The number of hydrogen-bond donors (Lipinski definition) is 2. The van der Waals surface area contributed by atoms with Crippen LogP contribution in [-0.2, 0) is 24.3 Å². The average Bonchev–Trinajstić information content (AvgIpc) is 3.15. The number of nitrogens with zero attached hydrogens (tertiary/aromatic N) is 2. The van der Waals surface area contributed by atoms with Gasteiger partial charge in [-0.3, -0.25) is 14.9 Å². The van der Waals surface area contributed by atoms with Crippen molar-refractivity contribution in [3.05, 3.63) is 0 Å². The average molecular weight is 374 g/mol. The molecule has 0 saturated carbocycles. The molecule has 0 radical (unpaired) electrons. The zero-order valence-corrected chi connectivity index (χ0v) is 14.8. The van der Waals surface area contributed by atoms with Crippen LogP contribution in [0.5, 0.6) is 0 Å².